The van der Waals surface area contributed by atoms with E-state index in [-0.39, 0.29) is 42.0 Å². The number of carboxylic acids is 1. The lowest BCUT2D eigenvalue weighted by Crippen LogP contribution is -2.33. The second kappa shape index (κ2) is 11.3. The molecule has 1 fully saturated rings. The Morgan fingerprint density at radius 1 is 0.852 bits per heavy atom. The molecule has 4 atom stereocenters. The third-order valence-electron chi connectivity index (χ3n) is 5.98. The van der Waals surface area contributed by atoms with Gasteiger partial charge in [-0.25, -0.2) is 0 Å². The molecule has 0 bridgehead atoms. The lowest BCUT2D eigenvalue weighted by Gasteiger charge is -2.31. The van der Waals surface area contributed by atoms with E-state index in [1.165, 1.54) is 19.3 Å². The molecular weight excluding hydrogens is 344 g/mol. The van der Waals surface area contributed by atoms with Crippen LogP contribution in [0.2, 0.25) is 0 Å². The van der Waals surface area contributed by atoms with Crippen molar-refractivity contribution in [2.24, 2.45) is 23.7 Å². The number of carboxylic acid groups (broad SMARTS) is 1. The molecule has 0 spiro atoms. The van der Waals surface area contributed by atoms with Crippen LogP contribution < -0.4 is 0 Å². The van der Waals surface area contributed by atoms with Gasteiger partial charge in [0.1, 0.15) is 0 Å². The molecule has 1 saturated heterocycles. The predicted molar refractivity (Wildman–Crippen MR) is 103 cm³/mol. The Labute approximate surface area is 162 Å². The van der Waals surface area contributed by atoms with Gasteiger partial charge in [-0.2, -0.15) is 0 Å². The standard InChI is InChI=1S/C22H34O5/c1-2-3-4-8-11-16-14-15-17(20-19(16)21(25)27-22(20)26)12-9-6-5-7-10-13-18(23)24/h14-17,19-20H,2-13H2,1H3,(H,23,24). The molecule has 1 heterocycles. The highest BCUT2D eigenvalue weighted by molar-refractivity contribution is 5.97. The topological polar surface area (TPSA) is 80.7 Å². The zero-order chi connectivity index (χ0) is 19.6. The molecule has 1 aliphatic carbocycles. The van der Waals surface area contributed by atoms with Crippen LogP contribution in [0.25, 0.3) is 0 Å². The molecule has 0 aromatic heterocycles. The smallest absolute Gasteiger partial charge is 0.318 e. The van der Waals surface area contributed by atoms with E-state index in [0.717, 1.165) is 51.4 Å². The number of aliphatic carboxylic acids is 1. The molecule has 152 valence electrons. The van der Waals surface area contributed by atoms with E-state index < -0.39 is 5.97 Å². The van der Waals surface area contributed by atoms with Crippen LogP contribution in [0, 0.1) is 23.7 Å². The van der Waals surface area contributed by atoms with Crippen LogP contribution >= 0.6 is 0 Å². The van der Waals surface area contributed by atoms with Crippen LogP contribution in [-0.4, -0.2) is 23.0 Å². The number of rotatable bonds is 13. The first-order valence-electron chi connectivity index (χ1n) is 10.7. The Morgan fingerprint density at radius 3 is 1.85 bits per heavy atom. The van der Waals surface area contributed by atoms with E-state index in [9.17, 15) is 14.4 Å². The summed E-state index contributed by atoms with van der Waals surface area (Å²) in [5.74, 6) is -1.75. The molecule has 5 nitrogen and oxygen atoms in total. The molecule has 27 heavy (non-hydrogen) atoms. The van der Waals surface area contributed by atoms with Gasteiger partial charge in [-0.05, 0) is 31.1 Å². The second-order valence-corrected chi connectivity index (χ2v) is 8.05. The van der Waals surface area contributed by atoms with Gasteiger partial charge in [-0.1, -0.05) is 70.4 Å². The van der Waals surface area contributed by atoms with Crippen LogP contribution in [0.3, 0.4) is 0 Å². The molecule has 0 radical (unpaired) electrons. The fourth-order valence-electron chi connectivity index (χ4n) is 4.48. The molecule has 2 aliphatic rings. The average Bonchev–Trinajstić information content (AvgIpc) is 2.94. The maximum atomic E-state index is 12.3. The normalized spacial score (nSPS) is 26.9. The van der Waals surface area contributed by atoms with Crippen molar-refractivity contribution < 1.29 is 24.2 Å². The summed E-state index contributed by atoms with van der Waals surface area (Å²) >= 11 is 0. The number of carbonyl (C=O) groups excluding carboxylic acids is 2. The van der Waals surface area contributed by atoms with Gasteiger partial charge in [0.15, 0.2) is 0 Å². The Morgan fingerprint density at radius 2 is 1.33 bits per heavy atom. The zero-order valence-electron chi connectivity index (χ0n) is 16.5. The number of hydrogen-bond donors (Lipinski definition) is 1. The third-order valence-corrected chi connectivity index (χ3v) is 5.98. The van der Waals surface area contributed by atoms with Gasteiger partial charge in [-0.3, -0.25) is 14.4 Å². The lowest BCUT2D eigenvalue weighted by molar-refractivity contribution is -0.154. The quantitative estimate of drug-likeness (QED) is 0.214. The van der Waals surface area contributed by atoms with Crippen LogP contribution in [0.5, 0.6) is 0 Å². The first kappa shape index (κ1) is 21.6. The Balaban J connectivity index is 1.80. The van der Waals surface area contributed by atoms with E-state index >= 15 is 0 Å². The molecule has 0 aromatic carbocycles. The number of fused-ring (bicyclic) bond motifs is 1. The minimum absolute atomic E-state index is 0.0971. The minimum atomic E-state index is -0.734. The SMILES string of the molecule is CCCCCCC1C=CC(CCCCCCCC(=O)O)C2C(=O)OC(=O)C12. The fourth-order valence-corrected chi connectivity index (χ4v) is 4.48. The lowest BCUT2D eigenvalue weighted by atomic mass is 9.69. The maximum Gasteiger partial charge on any atom is 0.318 e. The molecule has 0 saturated carbocycles. The van der Waals surface area contributed by atoms with Crippen molar-refractivity contribution in [3.05, 3.63) is 12.2 Å². The summed E-state index contributed by atoms with van der Waals surface area (Å²) in [4.78, 5) is 35.0. The number of unbranched alkanes of at least 4 members (excludes halogenated alkanes) is 7. The molecule has 0 amide bonds. The highest BCUT2D eigenvalue weighted by Crippen LogP contribution is 2.44. The van der Waals surface area contributed by atoms with Crippen molar-refractivity contribution in [2.75, 3.05) is 0 Å². The van der Waals surface area contributed by atoms with Gasteiger partial charge < -0.3 is 9.84 Å². The van der Waals surface area contributed by atoms with Crippen LogP contribution in [0.15, 0.2) is 12.2 Å². The van der Waals surface area contributed by atoms with Gasteiger partial charge in [-0.15, -0.1) is 0 Å². The van der Waals surface area contributed by atoms with Crippen molar-refractivity contribution in [3.63, 3.8) is 0 Å². The molecule has 0 aromatic rings. The minimum Gasteiger partial charge on any atom is -0.481 e. The van der Waals surface area contributed by atoms with Crippen molar-refractivity contribution in [1.29, 1.82) is 0 Å². The van der Waals surface area contributed by atoms with Gasteiger partial charge >= 0.3 is 17.9 Å². The third kappa shape index (κ3) is 6.47. The predicted octanol–water partition coefficient (Wildman–Crippen LogP) is 4.89. The summed E-state index contributed by atoms with van der Waals surface area (Å²) in [6, 6.07) is 0. The number of hydrogen-bond acceptors (Lipinski definition) is 4. The molecular formula is C22H34O5. The zero-order valence-corrected chi connectivity index (χ0v) is 16.5. The molecule has 4 unspecified atom stereocenters. The van der Waals surface area contributed by atoms with Crippen molar-refractivity contribution in [3.8, 4) is 0 Å². The van der Waals surface area contributed by atoms with Crippen molar-refractivity contribution in [2.45, 2.75) is 84.0 Å². The average molecular weight is 379 g/mol. The summed E-state index contributed by atoms with van der Waals surface area (Å²) in [5, 5.41) is 8.64. The highest BCUT2D eigenvalue weighted by atomic mass is 16.6. The number of cyclic esters (lactones) is 2. The first-order valence-corrected chi connectivity index (χ1v) is 10.7. The van der Waals surface area contributed by atoms with Crippen LogP contribution in [-0.2, 0) is 19.1 Å². The Bertz CT molecular complexity index is 539. The fraction of sp³-hybridized carbons (Fsp3) is 0.773. The largest absolute Gasteiger partial charge is 0.481 e. The van der Waals surface area contributed by atoms with Gasteiger partial charge in [0, 0.05) is 6.42 Å². The Kier molecular flexibility index (Phi) is 9.02. The van der Waals surface area contributed by atoms with Crippen molar-refractivity contribution in [1.82, 2.24) is 0 Å². The van der Waals surface area contributed by atoms with Crippen LogP contribution in [0.4, 0.5) is 0 Å². The van der Waals surface area contributed by atoms with E-state index in [4.69, 9.17) is 9.84 Å². The van der Waals surface area contributed by atoms with Crippen LogP contribution in [0.1, 0.15) is 84.0 Å². The first-order chi connectivity index (χ1) is 13.0. The molecule has 5 heteroatoms. The monoisotopic (exact) mass is 378 g/mol. The van der Waals surface area contributed by atoms with E-state index in [1.54, 1.807) is 0 Å². The highest BCUT2D eigenvalue weighted by Gasteiger charge is 2.51. The summed E-state index contributed by atoms with van der Waals surface area (Å²) in [6.45, 7) is 2.18. The summed E-state index contributed by atoms with van der Waals surface area (Å²) in [5.41, 5.74) is 0. The summed E-state index contributed by atoms with van der Waals surface area (Å²) in [7, 11) is 0. The molecule has 2 rings (SSSR count). The number of carbonyl (C=O) groups is 3. The maximum absolute atomic E-state index is 12.3. The van der Waals surface area contributed by atoms with E-state index in [0.29, 0.717) is 0 Å². The van der Waals surface area contributed by atoms with Gasteiger partial charge in [0.2, 0.25) is 0 Å². The van der Waals surface area contributed by atoms with Gasteiger partial charge in [0.25, 0.3) is 0 Å². The molecule has 1 N–H and O–H groups in total. The van der Waals surface area contributed by atoms with Crippen molar-refractivity contribution >= 4 is 17.9 Å². The van der Waals surface area contributed by atoms with E-state index in [2.05, 4.69) is 19.1 Å². The number of esters is 2. The van der Waals surface area contributed by atoms with Gasteiger partial charge in [0.05, 0.1) is 11.8 Å². The second-order valence-electron chi connectivity index (χ2n) is 8.05. The Hall–Kier alpha value is -1.65. The number of ether oxygens (including phenoxy) is 1. The molecule has 1 aliphatic heterocycles. The van der Waals surface area contributed by atoms with E-state index in [1.807, 2.05) is 0 Å². The number of allylic oxidation sites excluding steroid dienone is 2. The summed E-state index contributed by atoms with van der Waals surface area (Å²) < 4.78 is 5.00. The summed E-state index contributed by atoms with van der Waals surface area (Å²) in [6.07, 6.45) is 15.7.